The van der Waals surface area contributed by atoms with Gasteiger partial charge in [0, 0.05) is 31.5 Å². The van der Waals surface area contributed by atoms with E-state index >= 15 is 0 Å². The number of amides is 2. The molecule has 2 saturated carbocycles. The van der Waals surface area contributed by atoms with Crippen LogP contribution >= 0.6 is 11.3 Å². The van der Waals surface area contributed by atoms with Gasteiger partial charge < -0.3 is 10.2 Å². The van der Waals surface area contributed by atoms with Gasteiger partial charge in [0.05, 0.1) is 27.7 Å². The highest BCUT2D eigenvalue weighted by Gasteiger charge is 2.45. The van der Waals surface area contributed by atoms with Crippen LogP contribution < -0.4 is 10.0 Å². The summed E-state index contributed by atoms with van der Waals surface area (Å²) in [6.45, 7) is 4.97. The van der Waals surface area contributed by atoms with Gasteiger partial charge in [-0.1, -0.05) is 11.3 Å². The molecule has 2 N–H and O–H groups in total. The van der Waals surface area contributed by atoms with Gasteiger partial charge >= 0.3 is 0 Å². The fourth-order valence-electron chi connectivity index (χ4n) is 4.67. The predicted octanol–water partition coefficient (Wildman–Crippen LogP) is 3.86. The lowest BCUT2D eigenvalue weighted by molar-refractivity contribution is -0.114. The number of benzene rings is 1. The molecule has 0 radical (unpaired) electrons. The number of alkyl halides is 1. The van der Waals surface area contributed by atoms with Crippen LogP contribution in [0.2, 0.25) is 0 Å². The summed E-state index contributed by atoms with van der Waals surface area (Å²) in [5.74, 6) is -0.0871. The third-order valence-electron chi connectivity index (χ3n) is 7.30. The third kappa shape index (κ3) is 4.61. The molecule has 2 fully saturated rings. The quantitative estimate of drug-likeness (QED) is 0.522. The second kappa shape index (κ2) is 8.63. The van der Waals surface area contributed by atoms with E-state index < -0.39 is 22.1 Å². The largest absolute Gasteiger partial charge is 0.331 e. The molecule has 1 aromatic heterocycles. The van der Waals surface area contributed by atoms with Crippen molar-refractivity contribution in [2.24, 2.45) is 11.3 Å². The Morgan fingerprint density at radius 3 is 2.66 bits per heavy atom. The molecule has 3 aliphatic rings. The highest BCUT2D eigenvalue weighted by molar-refractivity contribution is 7.89. The molecule has 8 nitrogen and oxygen atoms in total. The van der Waals surface area contributed by atoms with Gasteiger partial charge in [-0.3, -0.25) is 14.0 Å². The van der Waals surface area contributed by atoms with Crippen LogP contribution in [0.5, 0.6) is 0 Å². The second-order valence-electron chi connectivity index (χ2n) is 10.1. The lowest BCUT2D eigenvalue weighted by Gasteiger charge is -2.24. The maximum atomic E-state index is 13.5. The normalized spacial score (nSPS) is 19.5. The molecule has 1 atom stereocenters. The number of nitrogens with zero attached hydrogens (tertiary/aromatic N) is 2. The topological polar surface area (TPSA) is 108 Å². The van der Waals surface area contributed by atoms with Crippen LogP contribution in [0.25, 0.3) is 10.4 Å². The van der Waals surface area contributed by atoms with E-state index in [-0.39, 0.29) is 34.9 Å². The molecule has 2 aromatic rings. The summed E-state index contributed by atoms with van der Waals surface area (Å²) in [6, 6.07) is 3.39. The number of halogens is 1. The number of anilines is 1. The van der Waals surface area contributed by atoms with Crippen LogP contribution in [-0.2, 0) is 21.4 Å². The average molecular weight is 521 g/mol. The van der Waals surface area contributed by atoms with Crippen LogP contribution in [-0.4, -0.2) is 49.4 Å². The van der Waals surface area contributed by atoms with E-state index in [9.17, 15) is 22.4 Å². The van der Waals surface area contributed by atoms with E-state index in [1.807, 2.05) is 13.0 Å². The van der Waals surface area contributed by atoms with Crippen molar-refractivity contribution in [3.05, 3.63) is 29.0 Å². The minimum absolute atomic E-state index is 0.00742. The maximum Gasteiger partial charge on any atom is 0.256 e. The summed E-state index contributed by atoms with van der Waals surface area (Å²) in [5, 5.41) is 3.09. The highest BCUT2D eigenvalue weighted by atomic mass is 32.2. The number of rotatable bonds is 9. The second-order valence-corrected chi connectivity index (χ2v) is 12.8. The number of fused-ring (bicyclic) bond motifs is 1. The van der Waals surface area contributed by atoms with Crippen LogP contribution in [0.1, 0.15) is 61.1 Å². The van der Waals surface area contributed by atoms with Gasteiger partial charge in [-0.25, -0.2) is 18.1 Å². The number of aromatic nitrogens is 1. The van der Waals surface area contributed by atoms with E-state index in [4.69, 9.17) is 0 Å². The summed E-state index contributed by atoms with van der Waals surface area (Å²) in [5.41, 5.74) is 1.49. The number of carbonyl (C=O) groups excluding carboxylic acids is 2. The van der Waals surface area contributed by atoms with Crippen LogP contribution in [0.4, 0.5) is 9.52 Å². The van der Waals surface area contributed by atoms with Crippen molar-refractivity contribution < 1.29 is 22.4 Å². The molecule has 2 aliphatic carbocycles. The summed E-state index contributed by atoms with van der Waals surface area (Å²) >= 11 is 1.25. The lowest BCUT2D eigenvalue weighted by Crippen LogP contribution is -2.36. The van der Waals surface area contributed by atoms with Gasteiger partial charge in [-0.2, -0.15) is 0 Å². The molecule has 1 aliphatic heterocycles. The fraction of sp³-hybridized carbons (Fsp3) is 0.542. The first kappa shape index (κ1) is 24.3. The van der Waals surface area contributed by atoms with Gasteiger partial charge in [0.15, 0.2) is 5.13 Å². The number of hydrogen-bond acceptors (Lipinski definition) is 6. The third-order valence-corrected chi connectivity index (χ3v) is 9.85. The molecule has 35 heavy (non-hydrogen) atoms. The number of sulfonamides is 1. The Hall–Kier alpha value is -2.37. The molecular weight excluding hydrogens is 491 g/mol. The van der Waals surface area contributed by atoms with Gasteiger partial charge in [-0.05, 0) is 68.7 Å². The lowest BCUT2D eigenvalue weighted by atomic mass is 10.0. The van der Waals surface area contributed by atoms with Gasteiger partial charge in [-0.15, -0.1) is 0 Å². The SMILES string of the molecule is CC(=O)Nc1nc(C)c(-c2cc3c(c(S(=O)(=O)NCC4(CF)CC4)c2)C(=O)N([C@@H](C)C2CC2)C3)s1. The van der Waals surface area contributed by atoms with E-state index in [1.54, 1.807) is 11.8 Å². The number of thiazole rings is 1. The van der Waals surface area contributed by atoms with E-state index in [0.29, 0.717) is 47.3 Å². The van der Waals surface area contributed by atoms with Crippen molar-refractivity contribution in [3.8, 4) is 10.4 Å². The molecular formula is C24H29FN4O4S2. The first-order chi connectivity index (χ1) is 16.5. The summed E-state index contributed by atoms with van der Waals surface area (Å²) in [4.78, 5) is 31.7. The van der Waals surface area contributed by atoms with E-state index in [1.165, 1.54) is 24.3 Å². The predicted molar refractivity (Wildman–Crippen MR) is 131 cm³/mol. The number of hydrogen-bond donors (Lipinski definition) is 2. The number of aryl methyl sites for hydroxylation is 1. The minimum Gasteiger partial charge on any atom is -0.331 e. The Kier molecular flexibility index (Phi) is 6.00. The zero-order valence-electron chi connectivity index (χ0n) is 20.0. The Morgan fingerprint density at radius 1 is 1.34 bits per heavy atom. The Balaban J connectivity index is 1.57. The summed E-state index contributed by atoms with van der Waals surface area (Å²) < 4.78 is 43.0. The summed E-state index contributed by atoms with van der Waals surface area (Å²) in [7, 11) is -4.08. The average Bonchev–Trinajstić information content (AvgIpc) is 3.72. The number of carbonyl (C=O) groups is 2. The first-order valence-corrected chi connectivity index (χ1v) is 14.1. The molecule has 11 heteroatoms. The van der Waals surface area contributed by atoms with Crippen molar-refractivity contribution in [3.63, 3.8) is 0 Å². The number of nitrogens with one attached hydrogen (secondary N) is 2. The smallest absolute Gasteiger partial charge is 0.256 e. The van der Waals surface area contributed by atoms with Crippen molar-refractivity contribution in [1.82, 2.24) is 14.6 Å². The molecule has 0 bridgehead atoms. The monoisotopic (exact) mass is 520 g/mol. The minimum atomic E-state index is -4.08. The molecule has 0 unspecified atom stereocenters. The van der Waals surface area contributed by atoms with Gasteiger partial charge in [0.1, 0.15) is 0 Å². The van der Waals surface area contributed by atoms with Gasteiger partial charge in [0.25, 0.3) is 5.91 Å². The molecule has 0 saturated heterocycles. The zero-order valence-corrected chi connectivity index (χ0v) is 21.6. The molecule has 188 valence electrons. The van der Waals surface area contributed by atoms with Crippen LogP contribution in [0, 0.1) is 18.3 Å². The Labute approximate surface area is 208 Å². The zero-order chi connectivity index (χ0) is 25.1. The van der Waals surface area contributed by atoms with Crippen LogP contribution in [0.15, 0.2) is 17.0 Å². The highest BCUT2D eigenvalue weighted by Crippen LogP contribution is 2.46. The summed E-state index contributed by atoms with van der Waals surface area (Å²) in [6.07, 6.45) is 3.41. The molecule has 2 heterocycles. The first-order valence-electron chi connectivity index (χ1n) is 11.8. The van der Waals surface area contributed by atoms with Gasteiger partial charge in [0.2, 0.25) is 15.9 Å². The molecule has 2 amide bonds. The molecule has 0 spiro atoms. The van der Waals surface area contributed by atoms with Crippen molar-refractivity contribution in [1.29, 1.82) is 0 Å². The van der Waals surface area contributed by atoms with Crippen molar-refractivity contribution in [2.45, 2.75) is 63.9 Å². The van der Waals surface area contributed by atoms with E-state index in [0.717, 1.165) is 17.7 Å². The maximum absolute atomic E-state index is 13.5. The molecule has 5 rings (SSSR count). The van der Waals surface area contributed by atoms with E-state index in [2.05, 4.69) is 15.0 Å². The standard InChI is InChI=1S/C24H29FN4O4S2/c1-13-21(34-23(27-13)28-15(3)30)17-8-18-10-29(14(2)16-4-5-16)22(31)20(18)19(9-17)35(32,33)26-12-24(11-25)6-7-24/h8-9,14,16,26H,4-7,10-12H2,1-3H3,(H,27,28,30)/t14-/m0/s1. The fourth-order valence-corrected chi connectivity index (χ4v) is 7.09. The van der Waals surface area contributed by atoms with Crippen LogP contribution in [0.3, 0.4) is 0 Å². The van der Waals surface area contributed by atoms with Crippen molar-refractivity contribution >= 4 is 38.3 Å². The Bertz CT molecular complexity index is 1320. The Morgan fingerprint density at radius 2 is 2.06 bits per heavy atom. The van der Waals surface area contributed by atoms with Crippen molar-refractivity contribution in [2.75, 3.05) is 18.5 Å². The molecule has 1 aromatic carbocycles.